The zero-order valence-corrected chi connectivity index (χ0v) is 15.2. The minimum Gasteiger partial charge on any atom is -0.492 e. The van der Waals surface area contributed by atoms with Crippen molar-refractivity contribution in [3.63, 3.8) is 0 Å². The summed E-state index contributed by atoms with van der Waals surface area (Å²) >= 11 is 0. The van der Waals surface area contributed by atoms with Crippen molar-refractivity contribution in [2.24, 2.45) is 0 Å². The molecule has 4 aromatic rings. The number of hydrogen-bond acceptors (Lipinski definition) is 6. The third-order valence-corrected chi connectivity index (χ3v) is 4.92. The first-order valence-electron chi connectivity index (χ1n) is 9.04. The Morgan fingerprint density at radius 2 is 1.89 bits per heavy atom. The van der Waals surface area contributed by atoms with Gasteiger partial charge in [-0.3, -0.25) is 0 Å². The number of benzene rings is 2. The molecule has 0 unspecified atom stereocenters. The van der Waals surface area contributed by atoms with Gasteiger partial charge in [0.2, 0.25) is 0 Å². The van der Waals surface area contributed by atoms with Gasteiger partial charge in [0.15, 0.2) is 5.82 Å². The van der Waals surface area contributed by atoms with Gasteiger partial charge in [-0.15, -0.1) is 0 Å². The maximum Gasteiger partial charge on any atom is 0.349 e. The van der Waals surface area contributed by atoms with E-state index in [0.29, 0.717) is 35.9 Å². The van der Waals surface area contributed by atoms with Crippen molar-refractivity contribution in [3.05, 3.63) is 70.1 Å². The molecule has 1 aliphatic rings. The summed E-state index contributed by atoms with van der Waals surface area (Å²) in [4.78, 5) is 21.8. The molecule has 0 spiro atoms. The zero-order valence-electron chi connectivity index (χ0n) is 15.2. The maximum atomic E-state index is 12.8. The second kappa shape index (κ2) is 6.20. The van der Waals surface area contributed by atoms with E-state index in [1.165, 1.54) is 0 Å². The van der Waals surface area contributed by atoms with Gasteiger partial charge < -0.3 is 14.9 Å². The third-order valence-electron chi connectivity index (χ3n) is 4.92. The first kappa shape index (κ1) is 16.5. The standard InChI is InChI=1S/C22H17N3O3/c1-12-7-8-16-15(11-12)19-14(9-10-27-16)18-17(22(26)28-19)20(23)25-21(24-18)13-5-3-2-4-6-13/h2-8,11H,9-10H2,1H3,(H2,23,24,25). The van der Waals surface area contributed by atoms with E-state index in [1.807, 2.05) is 55.5 Å². The molecule has 0 saturated carbocycles. The Bertz CT molecular complexity index is 1280. The normalized spacial score (nSPS) is 12.8. The van der Waals surface area contributed by atoms with Gasteiger partial charge in [-0.05, 0) is 19.1 Å². The second-order valence-corrected chi connectivity index (χ2v) is 6.82. The number of anilines is 1. The van der Waals surface area contributed by atoms with E-state index in [4.69, 9.17) is 19.9 Å². The molecule has 6 nitrogen and oxygen atoms in total. The number of nitrogens with two attached hydrogens (primary N) is 1. The summed E-state index contributed by atoms with van der Waals surface area (Å²) in [6, 6.07) is 15.4. The Morgan fingerprint density at radius 3 is 2.71 bits per heavy atom. The van der Waals surface area contributed by atoms with Gasteiger partial charge >= 0.3 is 5.63 Å². The maximum absolute atomic E-state index is 12.8. The van der Waals surface area contributed by atoms with Gasteiger partial charge in [-0.25, -0.2) is 14.8 Å². The smallest absolute Gasteiger partial charge is 0.349 e. The second-order valence-electron chi connectivity index (χ2n) is 6.82. The molecule has 6 heteroatoms. The van der Waals surface area contributed by atoms with Crippen LogP contribution in [0.1, 0.15) is 11.1 Å². The minimum atomic E-state index is -0.541. The highest BCUT2D eigenvalue weighted by Gasteiger charge is 2.24. The van der Waals surface area contributed by atoms with Crippen LogP contribution in [-0.2, 0) is 6.42 Å². The van der Waals surface area contributed by atoms with E-state index in [9.17, 15) is 4.79 Å². The lowest BCUT2D eigenvalue weighted by atomic mass is 10.0. The number of hydrogen-bond donors (Lipinski definition) is 1. The fourth-order valence-electron chi connectivity index (χ4n) is 3.59. The van der Waals surface area contributed by atoms with E-state index in [1.54, 1.807) is 0 Å². The van der Waals surface area contributed by atoms with Gasteiger partial charge in [0.25, 0.3) is 0 Å². The summed E-state index contributed by atoms with van der Waals surface area (Å²) in [6.45, 7) is 2.44. The van der Waals surface area contributed by atoms with Crippen LogP contribution in [0.15, 0.2) is 57.7 Å². The lowest BCUT2D eigenvalue weighted by molar-refractivity contribution is 0.326. The Labute approximate surface area is 160 Å². The first-order chi connectivity index (χ1) is 13.6. The van der Waals surface area contributed by atoms with Crippen molar-refractivity contribution in [1.29, 1.82) is 0 Å². The lowest BCUT2D eigenvalue weighted by Crippen LogP contribution is -2.11. The highest BCUT2D eigenvalue weighted by Crippen LogP contribution is 2.38. The van der Waals surface area contributed by atoms with E-state index in [2.05, 4.69) is 4.98 Å². The van der Waals surface area contributed by atoms with Crippen LogP contribution < -0.4 is 16.1 Å². The fraction of sp³-hybridized carbons (Fsp3) is 0.136. The molecular formula is C22H17N3O3. The largest absolute Gasteiger partial charge is 0.492 e. The van der Waals surface area contributed by atoms with Crippen molar-refractivity contribution < 1.29 is 9.15 Å². The number of aromatic nitrogens is 2. The minimum absolute atomic E-state index is 0.120. The third kappa shape index (κ3) is 2.53. The number of rotatable bonds is 1. The van der Waals surface area contributed by atoms with Crippen molar-refractivity contribution in [2.45, 2.75) is 13.3 Å². The van der Waals surface area contributed by atoms with Crippen LogP contribution in [0.2, 0.25) is 0 Å². The Morgan fingerprint density at radius 1 is 1.07 bits per heavy atom. The average molecular weight is 371 g/mol. The molecule has 0 aliphatic carbocycles. The average Bonchev–Trinajstić information content (AvgIpc) is 2.88. The van der Waals surface area contributed by atoms with Crippen LogP contribution in [0.5, 0.6) is 5.75 Å². The van der Waals surface area contributed by atoms with Crippen LogP contribution in [0.4, 0.5) is 5.82 Å². The molecule has 0 bridgehead atoms. The highest BCUT2D eigenvalue weighted by atomic mass is 16.5. The van der Waals surface area contributed by atoms with Gasteiger partial charge in [0.1, 0.15) is 22.7 Å². The molecule has 5 rings (SSSR count). The van der Waals surface area contributed by atoms with E-state index >= 15 is 0 Å². The number of nitrogen functional groups attached to an aromatic ring is 1. The highest BCUT2D eigenvalue weighted by molar-refractivity contribution is 5.94. The molecule has 1 aliphatic heterocycles. The van der Waals surface area contributed by atoms with E-state index in [0.717, 1.165) is 22.3 Å². The van der Waals surface area contributed by atoms with Crippen molar-refractivity contribution in [1.82, 2.24) is 9.97 Å². The molecule has 138 valence electrons. The molecular weight excluding hydrogens is 354 g/mol. The quantitative estimate of drug-likeness (QED) is 0.548. The summed E-state index contributed by atoms with van der Waals surface area (Å²) in [6.07, 6.45) is 0.550. The molecule has 3 heterocycles. The molecule has 0 saturated heterocycles. The molecule has 2 N–H and O–H groups in total. The summed E-state index contributed by atoms with van der Waals surface area (Å²) in [5.41, 5.74) is 9.57. The van der Waals surface area contributed by atoms with Crippen molar-refractivity contribution >= 4 is 16.7 Å². The molecule has 2 aromatic carbocycles. The molecule has 0 atom stereocenters. The summed E-state index contributed by atoms with van der Waals surface area (Å²) < 4.78 is 11.6. The summed E-state index contributed by atoms with van der Waals surface area (Å²) in [5.74, 6) is 1.78. The molecule has 2 aromatic heterocycles. The van der Waals surface area contributed by atoms with Crippen LogP contribution in [0.25, 0.3) is 33.6 Å². The van der Waals surface area contributed by atoms with Gasteiger partial charge in [-0.2, -0.15) is 0 Å². The lowest BCUT2D eigenvalue weighted by Gasteiger charge is -2.11. The number of nitrogens with zero attached hydrogens (tertiary/aromatic N) is 2. The zero-order chi connectivity index (χ0) is 19.3. The predicted octanol–water partition coefficient (Wildman–Crippen LogP) is 3.74. The summed E-state index contributed by atoms with van der Waals surface area (Å²) in [5, 5.41) is 0.217. The van der Waals surface area contributed by atoms with Crippen molar-refractivity contribution in [2.75, 3.05) is 12.3 Å². The molecule has 0 fully saturated rings. The fourth-order valence-corrected chi connectivity index (χ4v) is 3.59. The van der Waals surface area contributed by atoms with E-state index < -0.39 is 5.63 Å². The van der Waals surface area contributed by atoms with Crippen LogP contribution in [0, 0.1) is 6.92 Å². The van der Waals surface area contributed by atoms with Gasteiger partial charge in [-0.1, -0.05) is 42.0 Å². The van der Waals surface area contributed by atoms with Gasteiger partial charge in [0.05, 0.1) is 17.7 Å². The monoisotopic (exact) mass is 371 g/mol. The SMILES string of the molecule is Cc1ccc2c(c1)-c1oc(=O)c3c(N)nc(-c4ccccc4)nc3c1CCO2. The van der Waals surface area contributed by atoms with E-state index in [-0.39, 0.29) is 11.2 Å². The van der Waals surface area contributed by atoms with Crippen LogP contribution >= 0.6 is 0 Å². The molecule has 0 amide bonds. The Hall–Kier alpha value is -3.67. The first-order valence-corrected chi connectivity index (χ1v) is 9.04. The molecule has 28 heavy (non-hydrogen) atoms. The van der Waals surface area contributed by atoms with Crippen LogP contribution in [0.3, 0.4) is 0 Å². The Kier molecular flexibility index (Phi) is 3.65. The number of aryl methyl sites for hydroxylation is 1. The topological polar surface area (TPSA) is 91.2 Å². The number of ether oxygens (including phenoxy) is 1. The number of fused-ring (bicyclic) bond motifs is 5. The molecule has 0 radical (unpaired) electrons. The summed E-state index contributed by atoms with van der Waals surface area (Å²) in [7, 11) is 0. The van der Waals surface area contributed by atoms with Crippen LogP contribution in [-0.4, -0.2) is 16.6 Å². The Balaban J connectivity index is 1.87. The predicted molar refractivity (Wildman–Crippen MR) is 107 cm³/mol. The van der Waals surface area contributed by atoms with Gasteiger partial charge in [0, 0.05) is 17.5 Å². The van der Waals surface area contributed by atoms with Crippen molar-refractivity contribution in [3.8, 4) is 28.5 Å².